The Hall–Kier alpha value is -4.18. The fraction of sp³-hybridized carbons (Fsp3) is 0.458. The molecule has 0 aromatic heterocycles. The number of hydrogen-bond donors (Lipinski definition) is 9. The number of aromatic hydroxyl groups is 4. The Bertz CT molecular complexity index is 3460. The Balaban J connectivity index is 0.000000304. The molecule has 10 rings (SSSR count). The van der Waals surface area contributed by atoms with Gasteiger partial charge in [-0.1, -0.05) is 47.1 Å². The van der Waals surface area contributed by atoms with Crippen LogP contribution in [-0.2, 0) is 55.9 Å². The summed E-state index contributed by atoms with van der Waals surface area (Å²) in [5.74, 6) is -9.00. The molecule has 2 saturated heterocycles. The van der Waals surface area contributed by atoms with E-state index in [0.717, 1.165) is 0 Å². The Morgan fingerprint density at radius 3 is 1.52 bits per heavy atom. The van der Waals surface area contributed by atoms with Crippen LogP contribution in [0.15, 0.2) is 36.4 Å². The van der Waals surface area contributed by atoms with Crippen LogP contribution in [0.4, 0.5) is 13.2 Å². The van der Waals surface area contributed by atoms with Crippen molar-refractivity contribution in [2.75, 3.05) is 32.6 Å². The largest absolute Gasteiger partial charge is 1.00 e. The summed E-state index contributed by atoms with van der Waals surface area (Å²) in [7, 11) is 2.67. The molecule has 2 aliphatic heterocycles. The topological polar surface area (TPSA) is 396 Å². The number of carbonyl (C=O) groups is 8. The average molecular weight is 1380 g/mol. The number of halogens is 4. The van der Waals surface area contributed by atoms with Gasteiger partial charge in [-0.3, -0.25) is 38.4 Å². The molecule has 1 amide bonds. The SMILES string of the molecule is CCNCC(=O)[C@@H]1Cc2c(O)c3c(c(O)c2[C@@H](O[C@H]2C[C@H](N)[C@@H](O)[C@H](C)O2)C1)C(=O)c1c(OC)cccc1C3=O.COc1cccc2c1C(=O)c1c(O)c3c(c(O)c1C2=O)C[C@@H](C(=O)CBr)C[C@@H]3O[C@H]1C[C@H](NC(=O)C(F)(F)F)[C@@H](O)[C@H](C)O1.O=CO[O-].[H-].[K+].[K+]. The van der Waals surface area contributed by atoms with E-state index in [9.17, 15) is 77.4 Å². The first kappa shape index (κ1) is 74.9. The number of fused-ring (bicyclic) bond motifs is 6. The summed E-state index contributed by atoms with van der Waals surface area (Å²) in [6.07, 6.45) is -14.2. The third kappa shape index (κ3) is 14.8. The van der Waals surface area contributed by atoms with Crippen LogP contribution < -0.4 is 134 Å². The first-order chi connectivity index (χ1) is 41.7. The molecular weight excluding hydrogens is 1320 g/mol. The Morgan fingerprint density at radius 1 is 0.700 bits per heavy atom. The van der Waals surface area contributed by atoms with E-state index in [0.29, 0.717) is 6.54 Å². The smallest absolute Gasteiger partial charge is 1.00 e. The van der Waals surface area contributed by atoms with Crippen LogP contribution in [0.1, 0.15) is 146 Å². The van der Waals surface area contributed by atoms with Crippen molar-refractivity contribution in [3.05, 3.63) is 103 Å². The number of Topliss-reactive ketones (excluding diaryl/α,β-unsaturated/α-hetero) is 2. The van der Waals surface area contributed by atoms with Crippen LogP contribution in [0.3, 0.4) is 0 Å². The third-order valence-corrected chi connectivity index (χ3v) is 16.9. The zero-order valence-corrected chi connectivity index (χ0v) is 57.5. The number of hydrogen-bond acceptors (Lipinski definition) is 24. The molecule has 2 heterocycles. The van der Waals surface area contributed by atoms with Gasteiger partial charge >= 0.3 is 115 Å². The minimum atomic E-state index is -5.21. The molecule has 31 heteroatoms. The summed E-state index contributed by atoms with van der Waals surface area (Å²) in [4.78, 5) is 103. The van der Waals surface area contributed by atoms with E-state index in [1.165, 1.54) is 51.5 Å². The molecule has 25 nitrogen and oxygen atoms in total. The van der Waals surface area contributed by atoms with Gasteiger partial charge in [0.05, 0.1) is 96.0 Å². The molecule has 90 heavy (non-hydrogen) atoms. The number of rotatable bonds is 14. The second kappa shape index (κ2) is 31.4. The van der Waals surface area contributed by atoms with Gasteiger partial charge in [-0.25, -0.2) is 0 Å². The number of nitrogens with one attached hydrogen (secondary N) is 2. The fourth-order valence-electron chi connectivity index (χ4n) is 12.1. The number of phenolic OH excluding ortho intramolecular Hbond substituents is 4. The van der Waals surface area contributed by atoms with Crippen LogP contribution in [0.25, 0.3) is 0 Å². The number of likely N-dealkylation sites (N-methyl/N-ethyl adjacent to an activating group) is 1. The van der Waals surface area contributed by atoms with E-state index in [1.54, 1.807) is 18.3 Å². The van der Waals surface area contributed by atoms with Crippen LogP contribution >= 0.6 is 15.9 Å². The number of methoxy groups -OCH3 is 2. The van der Waals surface area contributed by atoms with Crippen molar-refractivity contribution < 1.29 is 225 Å². The molecule has 12 atom stereocenters. The summed E-state index contributed by atoms with van der Waals surface area (Å²) in [5.41, 5.74) is 4.54. The number of alkyl halides is 4. The first-order valence-electron chi connectivity index (χ1n) is 27.6. The number of aliphatic hydroxyl groups is 2. The van der Waals surface area contributed by atoms with Gasteiger partial charge in [0.25, 0.3) is 6.47 Å². The average Bonchev–Trinajstić information content (AvgIpc) is 0.763. The zero-order valence-electron chi connectivity index (χ0n) is 50.6. The van der Waals surface area contributed by atoms with Crippen molar-refractivity contribution in [2.24, 2.45) is 17.6 Å². The predicted molar refractivity (Wildman–Crippen MR) is 297 cm³/mol. The molecular formula is C59H63BrF3K2N3O22. The molecule has 6 aliphatic rings. The van der Waals surface area contributed by atoms with Gasteiger partial charge in [-0.05, 0) is 58.2 Å². The van der Waals surface area contributed by atoms with Crippen LogP contribution in [0.2, 0.25) is 0 Å². The van der Waals surface area contributed by atoms with Gasteiger partial charge in [-0.2, -0.15) is 13.2 Å². The molecule has 0 unspecified atom stereocenters. The van der Waals surface area contributed by atoms with E-state index in [1.807, 2.05) is 6.92 Å². The number of benzene rings is 4. The first-order valence-corrected chi connectivity index (χ1v) is 28.7. The minimum absolute atomic E-state index is 0. The van der Waals surface area contributed by atoms with Crippen molar-refractivity contribution in [2.45, 2.75) is 127 Å². The Morgan fingerprint density at radius 2 is 1.12 bits per heavy atom. The number of aliphatic hydroxyl groups excluding tert-OH is 2. The van der Waals surface area contributed by atoms with E-state index in [4.69, 9.17) is 44.2 Å². The zero-order chi connectivity index (χ0) is 64.5. The second-order valence-corrected chi connectivity index (χ2v) is 22.1. The second-order valence-electron chi connectivity index (χ2n) is 21.6. The van der Waals surface area contributed by atoms with Crippen molar-refractivity contribution in [1.82, 2.24) is 10.6 Å². The molecule has 4 aromatic carbocycles. The summed E-state index contributed by atoms with van der Waals surface area (Å²) in [6, 6.07) is 6.83. The van der Waals surface area contributed by atoms with Gasteiger partial charge in [0.15, 0.2) is 24.1 Å². The maximum Gasteiger partial charge on any atom is 1.00 e. The number of ketones is 6. The minimum Gasteiger partial charge on any atom is -1.00 e. The normalized spacial score (nSPS) is 25.3. The number of carbonyl (C=O) groups excluding carboxylic acids is 8. The molecule has 4 aromatic rings. The van der Waals surface area contributed by atoms with E-state index >= 15 is 0 Å². The summed E-state index contributed by atoms with van der Waals surface area (Å²) in [6.45, 7) is 5.39. The third-order valence-electron chi connectivity index (χ3n) is 16.4. The number of ether oxygens (including phenoxy) is 6. The van der Waals surface area contributed by atoms with Crippen molar-refractivity contribution in [3.63, 3.8) is 0 Å². The molecule has 0 bridgehead atoms. The van der Waals surface area contributed by atoms with Gasteiger partial charge in [0.1, 0.15) is 52.2 Å². The van der Waals surface area contributed by atoms with Gasteiger partial charge in [-0.15, -0.1) is 0 Å². The summed E-state index contributed by atoms with van der Waals surface area (Å²) >= 11 is 3.11. The molecule has 2 fully saturated rings. The van der Waals surface area contributed by atoms with Crippen LogP contribution in [0.5, 0.6) is 34.5 Å². The van der Waals surface area contributed by atoms with Crippen LogP contribution in [0, 0.1) is 11.8 Å². The van der Waals surface area contributed by atoms with Crippen molar-refractivity contribution in [3.8, 4) is 34.5 Å². The maximum absolute atomic E-state index is 13.7. The molecule has 4 aliphatic carbocycles. The number of amides is 1. The van der Waals surface area contributed by atoms with Crippen molar-refractivity contribution in [1.29, 1.82) is 0 Å². The molecule has 0 spiro atoms. The molecule has 0 radical (unpaired) electrons. The number of phenols is 4. The Kier molecular flexibility index (Phi) is 26.1. The molecule has 476 valence electrons. The molecule has 10 N–H and O–H groups in total. The van der Waals surface area contributed by atoms with Gasteiger partial charge in [0, 0.05) is 64.1 Å². The van der Waals surface area contributed by atoms with E-state index in [2.05, 4.69) is 26.1 Å². The Labute approximate surface area is 606 Å². The van der Waals surface area contributed by atoms with Gasteiger partial charge in [0.2, 0.25) is 11.6 Å². The summed E-state index contributed by atoms with van der Waals surface area (Å²) < 4.78 is 73.2. The fourth-order valence-corrected chi connectivity index (χ4v) is 12.5. The number of nitrogens with two attached hydrogens (primary N) is 1. The summed E-state index contributed by atoms with van der Waals surface area (Å²) in [5, 5.41) is 79.8. The monoisotopic (exact) mass is 1380 g/mol. The van der Waals surface area contributed by atoms with Crippen molar-refractivity contribution >= 4 is 63.0 Å². The van der Waals surface area contributed by atoms with Crippen LogP contribution in [-0.4, -0.2) is 166 Å². The standard InChI is InChI=1S/C29H27BrF3NO10.C29H34N2O9.CH2O3.2K.H/c1-10-23(36)14(34-28(41)29(31,32)33)8-18(43-10)44-17-7-11(15(35)9-30)6-13-20(17)27(40)22-21(25(13)38)24(37)12-4-3-5-16(42-2)19(12)26(22)39;1-4-31-11-17(32)13-8-15-22(19(9-13)40-20-10-16(30)25(33)12(2)39-20)29(37)24-23(27(15)35)26(34)14-6-5-7-18(38-3)21(14)28(24)36;2-1-4-3;;;/h3-5,10-11,14,17-18,23,36,38,40H,6-9H2,1-2H3,(H,34,41);5-7,12-13,16,19-20,25,31,33,35,37H,4,8-11,30H2,1-3H3;1,3H;;;/q;;;2*+1;-1/p-1/t10-,11+,14-,17-,18-,23-;12-,13+,16-,19-,20-,25-;;;;/m00..../s1. The van der Waals surface area contributed by atoms with E-state index < -0.39 is 149 Å². The maximum atomic E-state index is 13.7. The predicted octanol–water partition coefficient (Wildman–Crippen LogP) is -2.93. The van der Waals surface area contributed by atoms with Gasteiger partial charge < -0.3 is 87.0 Å². The molecule has 0 saturated carbocycles. The quantitative estimate of drug-likeness (QED) is 0.0132. The van der Waals surface area contributed by atoms with E-state index in [-0.39, 0.29) is 233 Å².